The fraction of sp³-hybridized carbons (Fsp3) is 0.0909. The first-order valence-corrected chi connectivity index (χ1v) is 7.93. The average molecular weight is 313 g/mol. The lowest BCUT2D eigenvalue weighted by atomic mass is 9.96. The zero-order valence-electron chi connectivity index (χ0n) is 13.9. The minimum atomic E-state index is 0.695. The Morgan fingerprint density at radius 3 is 2.50 bits per heavy atom. The zero-order valence-corrected chi connectivity index (χ0v) is 13.9. The van der Waals surface area contributed by atoms with E-state index >= 15 is 0 Å². The molecule has 2 heteroatoms. The van der Waals surface area contributed by atoms with Gasteiger partial charge in [0.25, 0.3) is 0 Å². The number of rotatable bonds is 4. The molecule has 2 nitrogen and oxygen atoms in total. The summed E-state index contributed by atoms with van der Waals surface area (Å²) in [5.41, 5.74) is 7.58. The third kappa shape index (κ3) is 3.33. The molecule has 0 bridgehead atoms. The van der Waals surface area contributed by atoms with Crippen molar-refractivity contribution in [3.05, 3.63) is 88.7 Å². The van der Waals surface area contributed by atoms with Crippen LogP contribution in [-0.4, -0.2) is 11.3 Å². The Hall–Kier alpha value is -3.00. The van der Waals surface area contributed by atoms with E-state index in [9.17, 15) is 4.79 Å². The van der Waals surface area contributed by atoms with E-state index in [2.05, 4.69) is 48.3 Å². The SMILES string of the molecule is Cc1ccc(C=O)cc1/C=C/c1cccc(-c2cccnc2)c1C. The van der Waals surface area contributed by atoms with Crippen molar-refractivity contribution in [3.8, 4) is 11.1 Å². The van der Waals surface area contributed by atoms with Gasteiger partial charge in [-0.1, -0.05) is 48.6 Å². The van der Waals surface area contributed by atoms with Crippen LogP contribution in [0.1, 0.15) is 32.6 Å². The number of hydrogen-bond acceptors (Lipinski definition) is 2. The Morgan fingerprint density at radius 2 is 1.75 bits per heavy atom. The molecule has 0 unspecified atom stereocenters. The number of aldehydes is 1. The smallest absolute Gasteiger partial charge is 0.150 e. The minimum absolute atomic E-state index is 0.695. The van der Waals surface area contributed by atoms with Crippen molar-refractivity contribution < 1.29 is 4.79 Å². The van der Waals surface area contributed by atoms with Crippen LogP contribution in [0, 0.1) is 13.8 Å². The maximum atomic E-state index is 11.0. The maximum absolute atomic E-state index is 11.0. The van der Waals surface area contributed by atoms with Crippen LogP contribution in [0.15, 0.2) is 60.9 Å². The molecule has 0 atom stereocenters. The highest BCUT2D eigenvalue weighted by atomic mass is 16.1. The van der Waals surface area contributed by atoms with Crippen molar-refractivity contribution in [1.29, 1.82) is 0 Å². The third-order valence-electron chi connectivity index (χ3n) is 4.23. The van der Waals surface area contributed by atoms with Crippen molar-refractivity contribution in [2.45, 2.75) is 13.8 Å². The van der Waals surface area contributed by atoms with Crippen molar-refractivity contribution in [2.75, 3.05) is 0 Å². The van der Waals surface area contributed by atoms with Gasteiger partial charge < -0.3 is 0 Å². The molecule has 0 saturated carbocycles. The minimum Gasteiger partial charge on any atom is -0.298 e. The van der Waals surface area contributed by atoms with Crippen LogP contribution in [0.25, 0.3) is 23.3 Å². The van der Waals surface area contributed by atoms with E-state index in [-0.39, 0.29) is 0 Å². The number of benzene rings is 2. The summed E-state index contributed by atoms with van der Waals surface area (Å²) in [4.78, 5) is 15.2. The second kappa shape index (κ2) is 7.05. The Labute approximate surface area is 142 Å². The number of pyridine rings is 1. The van der Waals surface area contributed by atoms with Crippen LogP contribution in [0.4, 0.5) is 0 Å². The number of nitrogens with zero attached hydrogens (tertiary/aromatic N) is 1. The van der Waals surface area contributed by atoms with Crippen molar-refractivity contribution in [3.63, 3.8) is 0 Å². The monoisotopic (exact) mass is 313 g/mol. The number of carbonyl (C=O) groups excluding carboxylic acids is 1. The molecule has 0 spiro atoms. The molecule has 1 aromatic heterocycles. The summed E-state index contributed by atoms with van der Waals surface area (Å²) in [6.45, 7) is 4.17. The van der Waals surface area contributed by atoms with Crippen molar-refractivity contribution in [2.24, 2.45) is 0 Å². The first kappa shape index (κ1) is 15.9. The molecule has 0 aliphatic heterocycles. The predicted molar refractivity (Wildman–Crippen MR) is 99.9 cm³/mol. The Bertz CT molecular complexity index is 895. The topological polar surface area (TPSA) is 30.0 Å². The summed E-state index contributed by atoms with van der Waals surface area (Å²) in [5, 5.41) is 0. The second-order valence-electron chi connectivity index (χ2n) is 5.83. The van der Waals surface area contributed by atoms with Gasteiger partial charge in [-0.25, -0.2) is 0 Å². The molecule has 0 amide bonds. The van der Waals surface area contributed by atoms with E-state index < -0.39 is 0 Å². The van der Waals surface area contributed by atoms with E-state index in [0.29, 0.717) is 5.56 Å². The lowest BCUT2D eigenvalue weighted by Gasteiger charge is -2.09. The van der Waals surface area contributed by atoms with Crippen LogP contribution in [0.3, 0.4) is 0 Å². The Balaban J connectivity index is 1.98. The number of aromatic nitrogens is 1. The van der Waals surface area contributed by atoms with Gasteiger partial charge in [-0.3, -0.25) is 9.78 Å². The van der Waals surface area contributed by atoms with Gasteiger partial charge >= 0.3 is 0 Å². The molecule has 0 aliphatic carbocycles. The van der Waals surface area contributed by atoms with E-state index in [4.69, 9.17) is 0 Å². The van der Waals surface area contributed by atoms with E-state index in [1.165, 1.54) is 11.1 Å². The second-order valence-corrected chi connectivity index (χ2v) is 5.83. The molecular weight excluding hydrogens is 294 g/mol. The molecule has 0 aliphatic rings. The molecule has 0 radical (unpaired) electrons. The van der Waals surface area contributed by atoms with Crippen LogP contribution in [0.5, 0.6) is 0 Å². The summed E-state index contributed by atoms with van der Waals surface area (Å²) < 4.78 is 0. The predicted octanol–water partition coefficient (Wildman–Crippen LogP) is 5.35. The Kier molecular flexibility index (Phi) is 4.66. The number of carbonyl (C=O) groups is 1. The van der Waals surface area contributed by atoms with E-state index in [1.54, 1.807) is 6.20 Å². The number of hydrogen-bond donors (Lipinski definition) is 0. The fourth-order valence-corrected chi connectivity index (χ4v) is 2.76. The highest BCUT2D eigenvalue weighted by Gasteiger charge is 2.04. The summed E-state index contributed by atoms with van der Waals surface area (Å²) in [6.07, 6.45) is 8.72. The van der Waals surface area contributed by atoms with E-state index in [1.807, 2.05) is 37.4 Å². The summed E-state index contributed by atoms with van der Waals surface area (Å²) in [5.74, 6) is 0. The number of aryl methyl sites for hydroxylation is 1. The van der Waals surface area contributed by atoms with Gasteiger partial charge in [0.15, 0.2) is 0 Å². The lowest BCUT2D eigenvalue weighted by molar-refractivity contribution is 0.112. The van der Waals surface area contributed by atoms with Gasteiger partial charge in [0, 0.05) is 23.5 Å². The summed E-state index contributed by atoms with van der Waals surface area (Å²) >= 11 is 0. The van der Waals surface area contributed by atoms with Gasteiger partial charge in [-0.05, 0) is 53.8 Å². The average Bonchev–Trinajstić information content (AvgIpc) is 2.63. The van der Waals surface area contributed by atoms with Crippen LogP contribution < -0.4 is 0 Å². The molecule has 3 aromatic rings. The first-order valence-electron chi connectivity index (χ1n) is 7.93. The quantitative estimate of drug-likeness (QED) is 0.480. The molecule has 0 fully saturated rings. The van der Waals surface area contributed by atoms with Gasteiger partial charge in [0.05, 0.1) is 0 Å². The Morgan fingerprint density at radius 1 is 0.917 bits per heavy atom. The molecular formula is C22H19NO. The maximum Gasteiger partial charge on any atom is 0.150 e. The first-order chi connectivity index (χ1) is 11.7. The van der Waals surface area contributed by atoms with Gasteiger partial charge in [0.2, 0.25) is 0 Å². The molecule has 24 heavy (non-hydrogen) atoms. The summed E-state index contributed by atoms with van der Waals surface area (Å²) in [7, 11) is 0. The molecule has 0 saturated heterocycles. The zero-order chi connectivity index (χ0) is 16.9. The highest BCUT2D eigenvalue weighted by molar-refractivity contribution is 5.81. The highest BCUT2D eigenvalue weighted by Crippen LogP contribution is 2.26. The van der Waals surface area contributed by atoms with Crippen molar-refractivity contribution >= 4 is 18.4 Å². The van der Waals surface area contributed by atoms with Crippen molar-refractivity contribution in [1.82, 2.24) is 4.98 Å². The normalized spacial score (nSPS) is 10.9. The van der Waals surface area contributed by atoms with Crippen LogP contribution in [-0.2, 0) is 0 Å². The van der Waals surface area contributed by atoms with Gasteiger partial charge in [0.1, 0.15) is 6.29 Å². The van der Waals surface area contributed by atoms with Crippen LogP contribution in [0.2, 0.25) is 0 Å². The standard InChI is InChI=1S/C22H19NO/c1-16-8-9-18(15-24)13-20(16)11-10-19-5-3-7-22(17(19)2)21-6-4-12-23-14-21/h3-15H,1-2H3/b11-10+. The third-order valence-corrected chi connectivity index (χ3v) is 4.23. The molecule has 2 aromatic carbocycles. The summed E-state index contributed by atoms with van der Waals surface area (Å²) in [6, 6.07) is 16.0. The van der Waals surface area contributed by atoms with E-state index in [0.717, 1.165) is 28.5 Å². The lowest BCUT2D eigenvalue weighted by Crippen LogP contribution is -1.88. The molecule has 0 N–H and O–H groups in total. The molecule has 1 heterocycles. The van der Waals surface area contributed by atoms with Gasteiger partial charge in [-0.2, -0.15) is 0 Å². The van der Waals surface area contributed by atoms with Gasteiger partial charge in [-0.15, -0.1) is 0 Å². The molecule has 3 rings (SSSR count). The molecule has 118 valence electrons. The largest absolute Gasteiger partial charge is 0.298 e. The fourth-order valence-electron chi connectivity index (χ4n) is 2.76. The van der Waals surface area contributed by atoms with Crippen LogP contribution >= 0.6 is 0 Å².